The molecule has 1 atom stereocenters. The molecule has 1 aromatic rings. The minimum Gasteiger partial charge on any atom is -0.304 e. The normalized spacial score (nSPS) is 12.4. The lowest BCUT2D eigenvalue weighted by Gasteiger charge is -2.10. The highest BCUT2D eigenvalue weighted by atomic mass is 35.5. The predicted octanol–water partition coefficient (Wildman–Crippen LogP) is 3.71. The standard InChI is InChI=1S/C9H10Cl2N2O2S/c1-5(10)4-12-6(2)8-3-7(13(14)15)9(11)16-8/h3,6,12H,1,4H2,2H3. The van der Waals surface area contributed by atoms with Gasteiger partial charge in [0.1, 0.15) is 0 Å². The summed E-state index contributed by atoms with van der Waals surface area (Å²) < 4.78 is 0.193. The fraction of sp³-hybridized carbons (Fsp3) is 0.333. The van der Waals surface area contributed by atoms with Gasteiger partial charge in [-0.2, -0.15) is 0 Å². The molecule has 1 N–H and O–H groups in total. The molecule has 0 aromatic carbocycles. The second-order valence-corrected chi connectivity index (χ2v) is 5.41. The summed E-state index contributed by atoms with van der Waals surface area (Å²) in [6.07, 6.45) is 0. The molecule has 0 aliphatic rings. The lowest BCUT2D eigenvalue weighted by Crippen LogP contribution is -2.18. The van der Waals surface area contributed by atoms with Crippen molar-refractivity contribution in [3.63, 3.8) is 0 Å². The summed E-state index contributed by atoms with van der Waals surface area (Å²) in [6.45, 7) is 5.87. The van der Waals surface area contributed by atoms with Crippen molar-refractivity contribution in [1.82, 2.24) is 5.32 Å². The third-order valence-electron chi connectivity index (χ3n) is 1.91. The van der Waals surface area contributed by atoms with Crippen molar-refractivity contribution < 1.29 is 4.92 Å². The molecule has 1 aromatic heterocycles. The van der Waals surface area contributed by atoms with E-state index < -0.39 is 4.92 Å². The lowest BCUT2D eigenvalue weighted by atomic mass is 10.2. The molecule has 1 unspecified atom stereocenters. The van der Waals surface area contributed by atoms with E-state index in [2.05, 4.69) is 11.9 Å². The summed E-state index contributed by atoms with van der Waals surface area (Å²) in [7, 11) is 0. The van der Waals surface area contributed by atoms with Crippen LogP contribution in [0.3, 0.4) is 0 Å². The number of hydrogen-bond acceptors (Lipinski definition) is 4. The first-order valence-electron chi connectivity index (χ1n) is 4.42. The van der Waals surface area contributed by atoms with Crippen LogP contribution in [0.4, 0.5) is 5.69 Å². The summed E-state index contributed by atoms with van der Waals surface area (Å²) in [4.78, 5) is 10.9. The van der Waals surface area contributed by atoms with E-state index in [1.807, 2.05) is 6.92 Å². The second-order valence-electron chi connectivity index (χ2n) is 3.18. The van der Waals surface area contributed by atoms with E-state index in [0.29, 0.717) is 11.6 Å². The molecule has 0 saturated heterocycles. The number of nitrogens with zero attached hydrogens (tertiary/aromatic N) is 1. The van der Waals surface area contributed by atoms with Gasteiger partial charge in [0, 0.05) is 28.6 Å². The van der Waals surface area contributed by atoms with E-state index in [0.717, 1.165) is 4.88 Å². The maximum atomic E-state index is 10.6. The Morgan fingerprint density at radius 3 is 2.88 bits per heavy atom. The van der Waals surface area contributed by atoms with Gasteiger partial charge in [0.2, 0.25) is 0 Å². The number of nitrogens with one attached hydrogen (secondary N) is 1. The predicted molar refractivity (Wildman–Crippen MR) is 67.4 cm³/mol. The zero-order valence-corrected chi connectivity index (χ0v) is 10.8. The van der Waals surface area contributed by atoms with Gasteiger partial charge in [0.15, 0.2) is 4.34 Å². The van der Waals surface area contributed by atoms with Crippen molar-refractivity contribution in [1.29, 1.82) is 0 Å². The van der Waals surface area contributed by atoms with Crippen molar-refractivity contribution >= 4 is 40.2 Å². The highest BCUT2D eigenvalue weighted by Crippen LogP contribution is 2.36. The van der Waals surface area contributed by atoms with Gasteiger partial charge in [-0.15, -0.1) is 11.3 Å². The van der Waals surface area contributed by atoms with Gasteiger partial charge < -0.3 is 5.32 Å². The molecule has 0 spiro atoms. The topological polar surface area (TPSA) is 55.2 Å². The SMILES string of the molecule is C=C(Cl)CNC(C)c1cc([N+](=O)[O-])c(Cl)s1. The monoisotopic (exact) mass is 280 g/mol. The molecule has 1 rings (SSSR count). The van der Waals surface area contributed by atoms with Gasteiger partial charge >= 0.3 is 0 Å². The fourth-order valence-corrected chi connectivity index (χ4v) is 2.42. The van der Waals surface area contributed by atoms with Crippen LogP contribution in [0.1, 0.15) is 17.8 Å². The molecule has 0 aliphatic carbocycles. The zero-order valence-electron chi connectivity index (χ0n) is 8.50. The van der Waals surface area contributed by atoms with Crippen LogP contribution < -0.4 is 5.32 Å². The van der Waals surface area contributed by atoms with Gasteiger partial charge in [0.25, 0.3) is 5.69 Å². The summed E-state index contributed by atoms with van der Waals surface area (Å²) in [5, 5.41) is 14.2. The van der Waals surface area contributed by atoms with Gasteiger partial charge in [-0.05, 0) is 6.92 Å². The molecule has 0 saturated carbocycles. The lowest BCUT2D eigenvalue weighted by molar-refractivity contribution is -0.384. The molecule has 0 amide bonds. The first-order valence-corrected chi connectivity index (χ1v) is 5.99. The van der Waals surface area contributed by atoms with E-state index in [4.69, 9.17) is 23.2 Å². The van der Waals surface area contributed by atoms with Crippen LogP contribution in [-0.2, 0) is 0 Å². The zero-order chi connectivity index (χ0) is 12.3. The Bertz CT molecular complexity index is 420. The van der Waals surface area contributed by atoms with Gasteiger partial charge in [0.05, 0.1) is 4.92 Å². The quantitative estimate of drug-likeness (QED) is 0.661. The van der Waals surface area contributed by atoms with Crippen LogP contribution >= 0.6 is 34.5 Å². The van der Waals surface area contributed by atoms with Gasteiger partial charge in [-0.1, -0.05) is 29.8 Å². The van der Waals surface area contributed by atoms with E-state index in [1.165, 1.54) is 17.4 Å². The first kappa shape index (κ1) is 13.4. The summed E-state index contributed by atoms with van der Waals surface area (Å²) in [5.74, 6) is 0. The molecule has 0 fully saturated rings. The maximum Gasteiger partial charge on any atom is 0.299 e. The smallest absolute Gasteiger partial charge is 0.299 e. The third kappa shape index (κ3) is 3.45. The molecule has 88 valence electrons. The first-order chi connectivity index (χ1) is 7.41. The Kier molecular flexibility index (Phi) is 4.73. The Morgan fingerprint density at radius 1 is 1.81 bits per heavy atom. The highest BCUT2D eigenvalue weighted by molar-refractivity contribution is 7.16. The number of rotatable bonds is 5. The molecule has 16 heavy (non-hydrogen) atoms. The average molecular weight is 281 g/mol. The fourth-order valence-electron chi connectivity index (χ4n) is 1.08. The molecular formula is C9H10Cl2N2O2S. The Morgan fingerprint density at radius 2 is 2.44 bits per heavy atom. The van der Waals surface area contributed by atoms with Crippen LogP contribution in [0, 0.1) is 10.1 Å². The van der Waals surface area contributed by atoms with Crippen molar-refractivity contribution in [3.05, 3.63) is 37.0 Å². The minimum atomic E-state index is -0.491. The molecule has 4 nitrogen and oxygen atoms in total. The molecule has 0 bridgehead atoms. The average Bonchev–Trinajstić information content (AvgIpc) is 2.56. The van der Waals surface area contributed by atoms with Crippen LogP contribution in [0.25, 0.3) is 0 Å². The van der Waals surface area contributed by atoms with Gasteiger partial charge in [-0.25, -0.2) is 0 Å². The largest absolute Gasteiger partial charge is 0.304 e. The molecule has 0 radical (unpaired) electrons. The Balaban J connectivity index is 2.76. The van der Waals surface area contributed by atoms with E-state index >= 15 is 0 Å². The van der Waals surface area contributed by atoms with Crippen molar-refractivity contribution in [3.8, 4) is 0 Å². The van der Waals surface area contributed by atoms with Crippen molar-refractivity contribution in [2.24, 2.45) is 0 Å². The Hall–Kier alpha value is -0.620. The second kappa shape index (κ2) is 5.63. The number of halogens is 2. The number of hydrogen-bond donors (Lipinski definition) is 1. The minimum absolute atomic E-state index is 0.0494. The van der Waals surface area contributed by atoms with Crippen molar-refractivity contribution in [2.45, 2.75) is 13.0 Å². The summed E-state index contributed by atoms with van der Waals surface area (Å²) in [5.41, 5.74) is -0.0555. The van der Waals surface area contributed by atoms with Crippen LogP contribution in [0.2, 0.25) is 4.34 Å². The van der Waals surface area contributed by atoms with Crippen LogP contribution in [0.5, 0.6) is 0 Å². The number of thiophene rings is 1. The van der Waals surface area contributed by atoms with Gasteiger partial charge in [-0.3, -0.25) is 10.1 Å². The summed E-state index contributed by atoms with van der Waals surface area (Å²) in [6, 6.07) is 1.42. The van der Waals surface area contributed by atoms with Crippen LogP contribution in [-0.4, -0.2) is 11.5 Å². The molecule has 0 aliphatic heterocycles. The van der Waals surface area contributed by atoms with E-state index in [-0.39, 0.29) is 16.1 Å². The van der Waals surface area contributed by atoms with E-state index in [9.17, 15) is 10.1 Å². The van der Waals surface area contributed by atoms with Crippen LogP contribution in [0.15, 0.2) is 17.7 Å². The third-order valence-corrected chi connectivity index (χ3v) is 3.57. The van der Waals surface area contributed by atoms with E-state index in [1.54, 1.807) is 0 Å². The Labute approximate surface area is 107 Å². The van der Waals surface area contributed by atoms with Crippen molar-refractivity contribution in [2.75, 3.05) is 6.54 Å². The number of nitro groups is 1. The molecule has 1 heterocycles. The summed E-state index contributed by atoms with van der Waals surface area (Å²) >= 11 is 12.6. The highest BCUT2D eigenvalue weighted by Gasteiger charge is 2.19. The molecule has 7 heteroatoms. The molecular weight excluding hydrogens is 271 g/mol. The maximum absolute atomic E-state index is 10.6.